The van der Waals surface area contributed by atoms with Crippen molar-refractivity contribution in [3.05, 3.63) is 29.2 Å². The highest BCUT2D eigenvalue weighted by Gasteiger charge is 2.17. The van der Waals surface area contributed by atoms with Crippen LogP contribution in [0, 0.1) is 5.92 Å². The Bertz CT molecular complexity index is 502. The molecule has 1 aliphatic rings. The van der Waals surface area contributed by atoms with Gasteiger partial charge in [-0.3, -0.25) is 0 Å². The number of hydrogen-bond acceptors (Lipinski definition) is 3. The fraction of sp³-hybridized carbons (Fsp3) is 0.455. The van der Waals surface area contributed by atoms with E-state index in [-0.39, 0.29) is 0 Å². The lowest BCUT2D eigenvalue weighted by Crippen LogP contribution is -2.11. The molecule has 3 heterocycles. The van der Waals surface area contributed by atoms with E-state index in [0.29, 0.717) is 10.9 Å². The van der Waals surface area contributed by atoms with Gasteiger partial charge in [-0.05, 0) is 37.6 Å². The quantitative estimate of drug-likeness (QED) is 0.860. The van der Waals surface area contributed by atoms with Gasteiger partial charge in [0.1, 0.15) is 0 Å². The van der Waals surface area contributed by atoms with Crippen LogP contribution in [0.1, 0.15) is 12.2 Å². The number of hydrogen-bond donors (Lipinski definition) is 1. The Hall–Kier alpha value is -1.13. The van der Waals surface area contributed by atoms with Gasteiger partial charge in [0.15, 0.2) is 11.5 Å². The Labute approximate surface area is 98.6 Å². The van der Waals surface area contributed by atoms with Gasteiger partial charge in [-0.2, -0.15) is 5.10 Å². The fourth-order valence-corrected chi connectivity index (χ4v) is 2.29. The summed E-state index contributed by atoms with van der Waals surface area (Å²) in [5.74, 6) is 1.59. The van der Waals surface area contributed by atoms with E-state index in [1.54, 1.807) is 10.7 Å². The summed E-state index contributed by atoms with van der Waals surface area (Å²) in [5.41, 5.74) is 0.866. The van der Waals surface area contributed by atoms with Gasteiger partial charge in [0, 0.05) is 12.6 Å². The molecule has 5 heteroatoms. The van der Waals surface area contributed by atoms with Crippen molar-refractivity contribution < 1.29 is 0 Å². The van der Waals surface area contributed by atoms with Crippen molar-refractivity contribution in [1.29, 1.82) is 0 Å². The molecule has 1 unspecified atom stereocenters. The van der Waals surface area contributed by atoms with Gasteiger partial charge in [0.05, 0.1) is 5.02 Å². The number of rotatable bonds is 2. The second kappa shape index (κ2) is 4.03. The van der Waals surface area contributed by atoms with Gasteiger partial charge in [-0.1, -0.05) is 11.6 Å². The molecule has 0 radical (unpaired) electrons. The number of pyridine rings is 1. The van der Waals surface area contributed by atoms with E-state index < -0.39 is 0 Å². The van der Waals surface area contributed by atoms with Crippen LogP contribution in [0.15, 0.2) is 18.3 Å². The van der Waals surface area contributed by atoms with E-state index >= 15 is 0 Å². The van der Waals surface area contributed by atoms with Gasteiger partial charge in [0.25, 0.3) is 0 Å². The molecule has 1 aliphatic heterocycles. The molecular weight excluding hydrogens is 224 g/mol. The highest BCUT2D eigenvalue weighted by atomic mass is 35.5. The van der Waals surface area contributed by atoms with Crippen molar-refractivity contribution >= 4 is 17.2 Å². The van der Waals surface area contributed by atoms with Crippen LogP contribution in [-0.4, -0.2) is 27.7 Å². The second-order valence-corrected chi connectivity index (χ2v) is 4.68. The first-order valence-corrected chi connectivity index (χ1v) is 5.90. The molecule has 0 bridgehead atoms. The Kier molecular flexibility index (Phi) is 2.53. The van der Waals surface area contributed by atoms with Gasteiger partial charge in [-0.15, -0.1) is 0 Å². The molecule has 0 amide bonds. The number of nitrogens with one attached hydrogen (secondary N) is 1. The minimum Gasteiger partial charge on any atom is -0.316 e. The molecule has 4 nitrogen and oxygen atoms in total. The largest absolute Gasteiger partial charge is 0.316 e. The maximum atomic E-state index is 5.90. The van der Waals surface area contributed by atoms with Crippen LogP contribution in [0.3, 0.4) is 0 Å². The second-order valence-electron chi connectivity index (χ2n) is 4.24. The molecule has 84 valence electrons. The maximum Gasteiger partial charge on any atom is 0.155 e. The molecule has 0 spiro atoms. The highest BCUT2D eigenvalue weighted by Crippen LogP contribution is 2.15. The molecule has 1 atom stereocenters. The van der Waals surface area contributed by atoms with Crippen LogP contribution in [-0.2, 0) is 6.42 Å². The van der Waals surface area contributed by atoms with Crippen molar-refractivity contribution in [3.8, 4) is 0 Å². The minimum absolute atomic E-state index is 0.674. The minimum atomic E-state index is 0.674. The Morgan fingerprint density at radius 3 is 3.25 bits per heavy atom. The molecule has 2 aromatic heterocycles. The summed E-state index contributed by atoms with van der Waals surface area (Å²) >= 11 is 5.90. The van der Waals surface area contributed by atoms with Gasteiger partial charge < -0.3 is 5.32 Å². The lowest BCUT2D eigenvalue weighted by Gasteiger charge is -2.02. The Morgan fingerprint density at radius 1 is 1.50 bits per heavy atom. The van der Waals surface area contributed by atoms with Crippen LogP contribution in [0.2, 0.25) is 5.02 Å². The molecular formula is C11H13ClN4. The van der Waals surface area contributed by atoms with Crippen molar-refractivity contribution in [2.75, 3.05) is 13.1 Å². The first-order valence-electron chi connectivity index (χ1n) is 5.53. The molecule has 0 aromatic carbocycles. The topological polar surface area (TPSA) is 42.2 Å². The third-order valence-electron chi connectivity index (χ3n) is 2.97. The summed E-state index contributed by atoms with van der Waals surface area (Å²) < 4.78 is 1.75. The zero-order valence-electron chi connectivity index (χ0n) is 8.86. The van der Waals surface area contributed by atoms with Crippen molar-refractivity contribution in [2.45, 2.75) is 12.8 Å². The van der Waals surface area contributed by atoms with Crippen LogP contribution in [0.4, 0.5) is 0 Å². The molecule has 2 aromatic rings. The normalized spacial score (nSPS) is 20.7. The van der Waals surface area contributed by atoms with E-state index in [2.05, 4.69) is 15.4 Å². The predicted molar refractivity (Wildman–Crippen MR) is 62.7 cm³/mol. The molecule has 3 rings (SSSR count). The molecule has 0 aliphatic carbocycles. The first kappa shape index (κ1) is 10.1. The first-order chi connectivity index (χ1) is 7.81. The zero-order chi connectivity index (χ0) is 11.0. The Morgan fingerprint density at radius 2 is 2.44 bits per heavy atom. The lowest BCUT2D eigenvalue weighted by molar-refractivity contribution is 0.561. The van der Waals surface area contributed by atoms with Crippen molar-refractivity contribution in [3.63, 3.8) is 0 Å². The summed E-state index contributed by atoms with van der Waals surface area (Å²) in [6.07, 6.45) is 3.96. The predicted octanol–water partition coefficient (Wildman–Crippen LogP) is 1.53. The smallest absolute Gasteiger partial charge is 0.155 e. The van der Waals surface area contributed by atoms with E-state index in [0.717, 1.165) is 31.0 Å². The number of fused-ring (bicyclic) bond motifs is 1. The molecule has 16 heavy (non-hydrogen) atoms. The number of aromatic nitrogens is 3. The maximum absolute atomic E-state index is 5.90. The van der Waals surface area contributed by atoms with E-state index in [1.807, 2.05) is 12.1 Å². The Balaban J connectivity index is 1.86. The summed E-state index contributed by atoms with van der Waals surface area (Å²) in [7, 11) is 0. The summed E-state index contributed by atoms with van der Waals surface area (Å²) in [5, 5.41) is 8.47. The summed E-state index contributed by atoms with van der Waals surface area (Å²) in [4.78, 5) is 4.48. The van der Waals surface area contributed by atoms with E-state index in [9.17, 15) is 0 Å². The van der Waals surface area contributed by atoms with Gasteiger partial charge in [0.2, 0.25) is 0 Å². The van der Waals surface area contributed by atoms with Crippen LogP contribution < -0.4 is 5.32 Å². The van der Waals surface area contributed by atoms with Crippen LogP contribution in [0.5, 0.6) is 0 Å². The third kappa shape index (κ3) is 1.90. The third-order valence-corrected chi connectivity index (χ3v) is 3.20. The molecule has 1 saturated heterocycles. The highest BCUT2D eigenvalue weighted by molar-refractivity contribution is 6.30. The lowest BCUT2D eigenvalue weighted by atomic mass is 10.1. The monoisotopic (exact) mass is 236 g/mol. The van der Waals surface area contributed by atoms with Crippen LogP contribution in [0.25, 0.3) is 5.65 Å². The average molecular weight is 237 g/mol. The van der Waals surface area contributed by atoms with Crippen LogP contribution >= 0.6 is 11.6 Å². The van der Waals surface area contributed by atoms with Gasteiger partial charge in [-0.25, -0.2) is 9.50 Å². The summed E-state index contributed by atoms with van der Waals surface area (Å²) in [6, 6.07) is 3.73. The number of nitrogens with zero attached hydrogens (tertiary/aromatic N) is 3. The van der Waals surface area contributed by atoms with E-state index in [1.165, 1.54) is 6.42 Å². The number of halogens is 1. The zero-order valence-corrected chi connectivity index (χ0v) is 9.61. The van der Waals surface area contributed by atoms with E-state index in [4.69, 9.17) is 11.6 Å². The average Bonchev–Trinajstić information content (AvgIpc) is 2.86. The molecule has 0 saturated carbocycles. The standard InChI is InChI=1S/C11H13ClN4/c12-9-1-2-11-14-10(15-16(11)7-9)5-8-3-4-13-6-8/h1-2,7-8,13H,3-6H2. The molecule has 1 N–H and O–H groups in total. The van der Waals surface area contributed by atoms with Gasteiger partial charge >= 0.3 is 0 Å². The fourth-order valence-electron chi connectivity index (χ4n) is 2.14. The SMILES string of the molecule is Clc1ccc2nc(CC3CCNC3)nn2c1. The van der Waals surface area contributed by atoms with Crippen molar-refractivity contribution in [2.24, 2.45) is 5.92 Å². The van der Waals surface area contributed by atoms with Crippen molar-refractivity contribution in [1.82, 2.24) is 19.9 Å². The molecule has 1 fully saturated rings. The summed E-state index contributed by atoms with van der Waals surface area (Å²) in [6.45, 7) is 2.19.